The van der Waals surface area contributed by atoms with Gasteiger partial charge in [-0.3, -0.25) is 14.5 Å². The summed E-state index contributed by atoms with van der Waals surface area (Å²) in [7, 11) is 0. The number of anilines is 2. The van der Waals surface area contributed by atoms with Crippen LogP contribution in [0.4, 0.5) is 11.4 Å². The molecule has 4 heterocycles. The fraction of sp³-hybridized carbons (Fsp3) is 0.500. The van der Waals surface area contributed by atoms with Gasteiger partial charge < -0.3 is 19.4 Å². The lowest BCUT2D eigenvalue weighted by molar-refractivity contribution is -0.117. The second kappa shape index (κ2) is 9.35. The summed E-state index contributed by atoms with van der Waals surface area (Å²) >= 11 is 7.96. The molecule has 1 aromatic carbocycles. The molecular weight excluding hydrogens is 450 g/mol. The van der Waals surface area contributed by atoms with E-state index < -0.39 is 0 Å². The van der Waals surface area contributed by atoms with Gasteiger partial charge in [0.2, 0.25) is 5.91 Å². The molecule has 0 saturated carbocycles. The number of halogens is 1. The second-order valence-electron chi connectivity index (χ2n) is 8.26. The van der Waals surface area contributed by atoms with Gasteiger partial charge in [-0.1, -0.05) is 11.6 Å². The van der Waals surface area contributed by atoms with Crippen molar-refractivity contribution >= 4 is 46.1 Å². The summed E-state index contributed by atoms with van der Waals surface area (Å²) in [6, 6.07) is 6.04. The van der Waals surface area contributed by atoms with Crippen molar-refractivity contribution in [2.75, 3.05) is 68.8 Å². The molecule has 2 aromatic rings. The first-order chi connectivity index (χ1) is 15.6. The van der Waals surface area contributed by atoms with E-state index in [9.17, 15) is 9.59 Å². The Hall–Kier alpha value is -2.20. The average molecular weight is 476 g/mol. The molecule has 1 unspecified atom stereocenters. The highest BCUT2D eigenvalue weighted by Crippen LogP contribution is 2.33. The van der Waals surface area contributed by atoms with Crippen LogP contribution in [0, 0.1) is 0 Å². The lowest BCUT2D eigenvalue weighted by Crippen LogP contribution is -2.52. The Bertz CT molecular complexity index is 974. The van der Waals surface area contributed by atoms with Crippen LogP contribution in [0.25, 0.3) is 0 Å². The molecule has 0 N–H and O–H groups in total. The number of carbonyl (C=O) groups excluding carboxylic acids is 2. The molecule has 0 spiro atoms. The molecule has 2 amide bonds. The first-order valence-corrected chi connectivity index (χ1v) is 12.2. The number of benzene rings is 1. The van der Waals surface area contributed by atoms with Gasteiger partial charge in [-0.25, -0.2) is 4.98 Å². The zero-order chi connectivity index (χ0) is 22.1. The van der Waals surface area contributed by atoms with Crippen molar-refractivity contribution < 1.29 is 14.3 Å². The highest BCUT2D eigenvalue weighted by Gasteiger charge is 2.36. The number of carbonyl (C=O) groups is 2. The predicted molar refractivity (Wildman–Crippen MR) is 125 cm³/mol. The largest absolute Gasteiger partial charge is 0.378 e. The van der Waals surface area contributed by atoms with E-state index in [-0.39, 0.29) is 17.9 Å². The van der Waals surface area contributed by atoms with E-state index in [2.05, 4.69) is 14.8 Å². The topological polar surface area (TPSA) is 69.2 Å². The van der Waals surface area contributed by atoms with E-state index in [0.717, 1.165) is 37.6 Å². The molecule has 3 aliphatic rings. The number of nitrogens with zero attached hydrogens (tertiary/aromatic N) is 5. The molecule has 0 radical (unpaired) electrons. The number of piperazine rings is 1. The van der Waals surface area contributed by atoms with E-state index in [4.69, 9.17) is 16.3 Å². The van der Waals surface area contributed by atoms with Crippen molar-refractivity contribution in [1.29, 1.82) is 0 Å². The standard InChI is InChI=1S/C22H26ClN5O3S/c23-18-13-16(1-2-19(18)26-8-10-31-11-9-26)28-15-17(14-20(28)29)25-4-6-27(7-5-25)22(30)21-24-3-12-32-21/h1-3,12-13,17H,4-11,14-15H2. The van der Waals surface area contributed by atoms with Gasteiger partial charge in [-0.15, -0.1) is 11.3 Å². The van der Waals surface area contributed by atoms with Crippen LogP contribution in [0.2, 0.25) is 5.02 Å². The number of ether oxygens (including phenoxy) is 1. The molecule has 3 saturated heterocycles. The minimum atomic E-state index is -0.00113. The van der Waals surface area contributed by atoms with Crippen LogP contribution in [0.3, 0.4) is 0 Å². The van der Waals surface area contributed by atoms with Crippen LogP contribution in [-0.2, 0) is 9.53 Å². The minimum absolute atomic E-state index is 0.00113. The Morgan fingerprint density at radius 3 is 2.59 bits per heavy atom. The van der Waals surface area contributed by atoms with Gasteiger partial charge in [0.05, 0.1) is 23.9 Å². The third-order valence-corrected chi connectivity index (χ3v) is 7.50. The molecule has 1 aromatic heterocycles. The Balaban J connectivity index is 1.20. The van der Waals surface area contributed by atoms with Gasteiger partial charge in [0.25, 0.3) is 5.91 Å². The van der Waals surface area contributed by atoms with Crippen molar-refractivity contribution in [3.63, 3.8) is 0 Å². The average Bonchev–Trinajstić information content (AvgIpc) is 3.49. The van der Waals surface area contributed by atoms with Gasteiger partial charge in [0.1, 0.15) is 0 Å². The molecule has 170 valence electrons. The van der Waals surface area contributed by atoms with E-state index >= 15 is 0 Å². The fourth-order valence-corrected chi connectivity index (χ4v) is 5.56. The van der Waals surface area contributed by atoms with Crippen molar-refractivity contribution in [2.24, 2.45) is 0 Å². The normalized spacial score (nSPS) is 22.6. The molecule has 3 fully saturated rings. The number of morpholine rings is 1. The Kier molecular flexibility index (Phi) is 6.32. The first-order valence-electron chi connectivity index (χ1n) is 11.0. The maximum atomic E-state index is 12.8. The van der Waals surface area contributed by atoms with E-state index in [1.54, 1.807) is 6.20 Å². The minimum Gasteiger partial charge on any atom is -0.378 e. The molecule has 10 heteroatoms. The molecule has 3 aliphatic heterocycles. The van der Waals surface area contributed by atoms with Gasteiger partial charge in [0.15, 0.2) is 5.01 Å². The fourth-order valence-electron chi connectivity index (χ4n) is 4.66. The summed E-state index contributed by atoms with van der Waals surface area (Å²) in [5.41, 5.74) is 1.83. The number of amides is 2. The molecule has 1 atom stereocenters. The third-order valence-electron chi connectivity index (χ3n) is 6.43. The van der Waals surface area contributed by atoms with Crippen LogP contribution in [0.1, 0.15) is 16.2 Å². The molecular formula is C22H26ClN5O3S. The van der Waals surface area contributed by atoms with E-state index in [1.807, 2.05) is 33.4 Å². The van der Waals surface area contributed by atoms with Gasteiger partial charge >= 0.3 is 0 Å². The van der Waals surface area contributed by atoms with Crippen LogP contribution in [0.5, 0.6) is 0 Å². The molecule has 8 nitrogen and oxygen atoms in total. The Morgan fingerprint density at radius 2 is 1.91 bits per heavy atom. The van der Waals surface area contributed by atoms with Crippen LogP contribution >= 0.6 is 22.9 Å². The summed E-state index contributed by atoms with van der Waals surface area (Å²) in [5.74, 6) is 0.116. The molecule has 0 aliphatic carbocycles. The number of hydrogen-bond acceptors (Lipinski definition) is 7. The third kappa shape index (κ3) is 4.34. The van der Waals surface area contributed by atoms with Crippen molar-refractivity contribution in [2.45, 2.75) is 12.5 Å². The lowest BCUT2D eigenvalue weighted by Gasteiger charge is -2.37. The molecule has 5 rings (SSSR count). The van der Waals surface area contributed by atoms with Crippen molar-refractivity contribution in [3.05, 3.63) is 39.8 Å². The van der Waals surface area contributed by atoms with Crippen LogP contribution in [-0.4, -0.2) is 91.7 Å². The van der Waals surface area contributed by atoms with Crippen molar-refractivity contribution in [1.82, 2.24) is 14.8 Å². The zero-order valence-corrected chi connectivity index (χ0v) is 19.4. The zero-order valence-electron chi connectivity index (χ0n) is 17.8. The summed E-state index contributed by atoms with van der Waals surface area (Å²) in [6.45, 7) is 6.53. The Morgan fingerprint density at radius 1 is 1.12 bits per heavy atom. The predicted octanol–water partition coefficient (Wildman–Crippen LogP) is 2.20. The SMILES string of the molecule is O=C(c1nccs1)N1CCN(C2CC(=O)N(c3ccc(N4CCOCC4)c(Cl)c3)C2)CC1. The van der Waals surface area contributed by atoms with E-state index in [1.165, 1.54) is 11.3 Å². The maximum absolute atomic E-state index is 12.8. The Labute approximate surface area is 196 Å². The number of aromatic nitrogens is 1. The van der Waals surface area contributed by atoms with Gasteiger partial charge in [-0.05, 0) is 18.2 Å². The van der Waals surface area contributed by atoms with Crippen LogP contribution < -0.4 is 9.80 Å². The number of thiazole rings is 1. The quantitative estimate of drug-likeness (QED) is 0.675. The summed E-state index contributed by atoms with van der Waals surface area (Å²) in [4.78, 5) is 37.7. The summed E-state index contributed by atoms with van der Waals surface area (Å²) in [5, 5.41) is 3.02. The lowest BCUT2D eigenvalue weighted by atomic mass is 10.2. The van der Waals surface area contributed by atoms with Gasteiger partial charge in [-0.2, -0.15) is 0 Å². The maximum Gasteiger partial charge on any atom is 0.282 e. The van der Waals surface area contributed by atoms with Gasteiger partial charge in [0, 0.05) is 75.5 Å². The molecule has 0 bridgehead atoms. The monoisotopic (exact) mass is 475 g/mol. The van der Waals surface area contributed by atoms with Crippen molar-refractivity contribution in [3.8, 4) is 0 Å². The highest BCUT2D eigenvalue weighted by molar-refractivity contribution is 7.11. The number of hydrogen-bond donors (Lipinski definition) is 0. The summed E-state index contributed by atoms with van der Waals surface area (Å²) < 4.78 is 5.42. The van der Waals surface area contributed by atoms with Crippen LogP contribution in [0.15, 0.2) is 29.8 Å². The number of rotatable bonds is 4. The smallest absolute Gasteiger partial charge is 0.282 e. The summed E-state index contributed by atoms with van der Waals surface area (Å²) in [6.07, 6.45) is 2.15. The second-order valence-corrected chi connectivity index (χ2v) is 9.56. The molecule has 32 heavy (non-hydrogen) atoms. The van der Waals surface area contributed by atoms with E-state index in [0.29, 0.717) is 49.3 Å². The highest BCUT2D eigenvalue weighted by atomic mass is 35.5. The first kappa shape index (κ1) is 21.6.